The molecule has 9 heteroatoms. The molecule has 1 aromatic carbocycles. The molecular weight excluding hydrogens is 510 g/mol. The molecule has 2 fully saturated rings. The summed E-state index contributed by atoms with van der Waals surface area (Å²) in [5.41, 5.74) is 1.59. The number of hydrogen-bond donors (Lipinski definition) is 2. The summed E-state index contributed by atoms with van der Waals surface area (Å²) in [4.78, 5) is 11.6. The smallest absolute Gasteiger partial charge is 0.191 e. The molecule has 3 rings (SSSR count). The van der Waals surface area contributed by atoms with Crippen molar-refractivity contribution in [3.05, 3.63) is 29.6 Å². The largest absolute Gasteiger partial charge is 0.379 e. The molecule has 2 saturated heterocycles. The van der Waals surface area contributed by atoms with Gasteiger partial charge in [-0.15, -0.1) is 24.0 Å². The molecule has 2 N–H and O–H groups in total. The van der Waals surface area contributed by atoms with Crippen LogP contribution in [0.25, 0.3) is 0 Å². The Labute approximate surface area is 203 Å². The number of benzene rings is 1. The summed E-state index contributed by atoms with van der Waals surface area (Å²) < 4.78 is 20.1. The minimum absolute atomic E-state index is 0. The van der Waals surface area contributed by atoms with Crippen LogP contribution in [0.5, 0.6) is 0 Å². The van der Waals surface area contributed by atoms with E-state index in [0.29, 0.717) is 12.2 Å². The number of nitrogens with zero attached hydrogens (tertiary/aromatic N) is 4. The predicted molar refractivity (Wildman–Crippen MR) is 136 cm³/mol. The second-order valence-electron chi connectivity index (χ2n) is 7.78. The maximum atomic E-state index is 14.7. The highest BCUT2D eigenvalue weighted by Gasteiger charge is 2.18. The van der Waals surface area contributed by atoms with Crippen LogP contribution in [-0.2, 0) is 11.3 Å². The van der Waals surface area contributed by atoms with Crippen molar-refractivity contribution in [1.82, 2.24) is 20.4 Å². The highest BCUT2D eigenvalue weighted by molar-refractivity contribution is 14.0. The summed E-state index contributed by atoms with van der Waals surface area (Å²) in [5.74, 6) is 0.615. The second-order valence-corrected chi connectivity index (χ2v) is 7.78. The van der Waals surface area contributed by atoms with Crippen LogP contribution in [0.4, 0.5) is 10.1 Å². The Hall–Kier alpha value is -1.17. The van der Waals surface area contributed by atoms with E-state index < -0.39 is 0 Å². The molecule has 0 atom stereocenters. The number of anilines is 1. The van der Waals surface area contributed by atoms with Crippen molar-refractivity contribution >= 4 is 35.6 Å². The average Bonchev–Trinajstić information content (AvgIpc) is 2.78. The zero-order valence-electron chi connectivity index (χ0n) is 18.9. The molecule has 7 nitrogen and oxygen atoms in total. The quantitative estimate of drug-likeness (QED) is 0.295. The molecule has 0 spiro atoms. The number of nitrogens with one attached hydrogen (secondary N) is 2. The molecular formula is C22H38FIN6O. The number of ether oxygens (including phenoxy) is 1. The van der Waals surface area contributed by atoms with Crippen LogP contribution in [0.3, 0.4) is 0 Å². The van der Waals surface area contributed by atoms with E-state index in [2.05, 4.69) is 37.2 Å². The van der Waals surface area contributed by atoms with Gasteiger partial charge in [0.15, 0.2) is 5.96 Å². The van der Waals surface area contributed by atoms with Gasteiger partial charge in [-0.25, -0.2) is 9.38 Å². The fraction of sp³-hybridized carbons (Fsp3) is 0.682. The first-order valence-electron chi connectivity index (χ1n) is 11.3. The van der Waals surface area contributed by atoms with Gasteiger partial charge < -0.3 is 25.2 Å². The third-order valence-electron chi connectivity index (χ3n) is 5.76. The van der Waals surface area contributed by atoms with Crippen molar-refractivity contribution in [2.24, 2.45) is 4.99 Å². The standard InChI is InChI=1S/C22H37FN6O.HI/c1-3-24-22(25-7-8-28-13-15-30-16-14-28)26-18-19-5-6-21(20(23)17-19)29-11-9-27(4-2)10-12-29;/h5-6,17H,3-4,7-16,18H2,1-2H3,(H2,24,25,26);1H. The summed E-state index contributed by atoms with van der Waals surface area (Å²) in [5, 5.41) is 6.64. The predicted octanol–water partition coefficient (Wildman–Crippen LogP) is 1.97. The molecule has 0 aliphatic carbocycles. The van der Waals surface area contributed by atoms with Gasteiger partial charge in [0.25, 0.3) is 0 Å². The Morgan fingerprint density at radius 3 is 2.42 bits per heavy atom. The Bertz CT molecular complexity index is 678. The highest BCUT2D eigenvalue weighted by Crippen LogP contribution is 2.22. The first kappa shape index (κ1) is 26.1. The zero-order valence-corrected chi connectivity index (χ0v) is 21.2. The number of aliphatic imine (C=N–C) groups is 1. The van der Waals surface area contributed by atoms with Gasteiger partial charge >= 0.3 is 0 Å². The minimum Gasteiger partial charge on any atom is -0.379 e. The van der Waals surface area contributed by atoms with E-state index in [1.54, 1.807) is 6.07 Å². The Kier molecular flexibility index (Phi) is 11.8. The summed E-state index contributed by atoms with van der Waals surface area (Å²) in [7, 11) is 0. The third kappa shape index (κ3) is 8.36. The second kappa shape index (κ2) is 14.1. The average molecular weight is 548 g/mol. The van der Waals surface area contributed by atoms with E-state index in [1.165, 1.54) is 0 Å². The van der Waals surface area contributed by atoms with Gasteiger partial charge in [0, 0.05) is 58.9 Å². The lowest BCUT2D eigenvalue weighted by atomic mass is 10.1. The van der Waals surface area contributed by atoms with Gasteiger partial charge in [-0.05, 0) is 31.2 Å². The maximum Gasteiger partial charge on any atom is 0.191 e. The molecule has 0 saturated carbocycles. The molecule has 2 heterocycles. The maximum absolute atomic E-state index is 14.7. The Morgan fingerprint density at radius 2 is 1.77 bits per heavy atom. The van der Waals surface area contributed by atoms with Crippen LogP contribution in [0.2, 0.25) is 0 Å². The molecule has 31 heavy (non-hydrogen) atoms. The number of hydrogen-bond acceptors (Lipinski definition) is 5. The summed E-state index contributed by atoms with van der Waals surface area (Å²) >= 11 is 0. The molecule has 0 aromatic heterocycles. The lowest BCUT2D eigenvalue weighted by Gasteiger charge is -2.35. The van der Waals surface area contributed by atoms with Gasteiger partial charge in [-0.2, -0.15) is 0 Å². The van der Waals surface area contributed by atoms with E-state index in [4.69, 9.17) is 4.74 Å². The zero-order chi connectivity index (χ0) is 21.2. The molecule has 0 unspecified atom stereocenters. The highest BCUT2D eigenvalue weighted by atomic mass is 127. The monoisotopic (exact) mass is 548 g/mol. The molecule has 2 aliphatic heterocycles. The van der Waals surface area contributed by atoms with E-state index in [-0.39, 0.29) is 29.8 Å². The first-order valence-corrected chi connectivity index (χ1v) is 11.3. The Balaban J connectivity index is 0.00000341. The number of morpholine rings is 1. The molecule has 176 valence electrons. The number of likely N-dealkylation sites (N-methyl/N-ethyl adjacent to an activating group) is 1. The van der Waals surface area contributed by atoms with E-state index in [1.807, 2.05) is 19.1 Å². The van der Waals surface area contributed by atoms with Crippen LogP contribution in [0.1, 0.15) is 19.4 Å². The molecule has 0 bridgehead atoms. The summed E-state index contributed by atoms with van der Waals surface area (Å²) in [6.07, 6.45) is 0. The van der Waals surface area contributed by atoms with Crippen LogP contribution in [0.15, 0.2) is 23.2 Å². The molecule has 2 aliphatic rings. The van der Waals surface area contributed by atoms with Gasteiger partial charge in [0.1, 0.15) is 5.82 Å². The third-order valence-corrected chi connectivity index (χ3v) is 5.76. The van der Waals surface area contributed by atoms with E-state index >= 15 is 0 Å². The fourth-order valence-corrected chi connectivity index (χ4v) is 3.88. The van der Waals surface area contributed by atoms with Crippen molar-refractivity contribution < 1.29 is 9.13 Å². The van der Waals surface area contributed by atoms with Crippen LogP contribution in [-0.4, -0.2) is 94.4 Å². The lowest BCUT2D eigenvalue weighted by Crippen LogP contribution is -2.46. The molecule has 0 amide bonds. The van der Waals surface area contributed by atoms with E-state index in [0.717, 1.165) is 90.2 Å². The Morgan fingerprint density at radius 1 is 1.03 bits per heavy atom. The SMILES string of the molecule is CCNC(=NCc1ccc(N2CCN(CC)CC2)c(F)c1)NCCN1CCOCC1.I. The van der Waals surface area contributed by atoms with Gasteiger partial charge in [0.2, 0.25) is 0 Å². The fourth-order valence-electron chi connectivity index (χ4n) is 3.88. The van der Waals surface area contributed by atoms with Crippen molar-refractivity contribution in [2.75, 3.05) is 83.6 Å². The topological polar surface area (TPSA) is 55.4 Å². The lowest BCUT2D eigenvalue weighted by molar-refractivity contribution is 0.0389. The van der Waals surface area contributed by atoms with Crippen molar-refractivity contribution in [3.63, 3.8) is 0 Å². The number of guanidine groups is 1. The normalized spacial score (nSPS) is 18.5. The van der Waals surface area contributed by atoms with Gasteiger partial charge in [0.05, 0.1) is 25.4 Å². The van der Waals surface area contributed by atoms with Crippen LogP contribution < -0.4 is 15.5 Å². The van der Waals surface area contributed by atoms with Crippen LogP contribution in [0, 0.1) is 5.82 Å². The summed E-state index contributed by atoms with van der Waals surface area (Å²) in [6.45, 7) is 15.6. The van der Waals surface area contributed by atoms with Gasteiger partial charge in [-0.1, -0.05) is 13.0 Å². The van der Waals surface area contributed by atoms with Crippen LogP contribution >= 0.6 is 24.0 Å². The number of rotatable bonds is 8. The molecule has 0 radical (unpaired) electrons. The molecule has 1 aromatic rings. The summed E-state index contributed by atoms with van der Waals surface area (Å²) in [6, 6.07) is 5.52. The number of halogens is 2. The van der Waals surface area contributed by atoms with Crippen molar-refractivity contribution in [1.29, 1.82) is 0 Å². The van der Waals surface area contributed by atoms with Crippen molar-refractivity contribution in [3.8, 4) is 0 Å². The van der Waals surface area contributed by atoms with E-state index in [9.17, 15) is 4.39 Å². The minimum atomic E-state index is -0.155. The van der Waals surface area contributed by atoms with Gasteiger partial charge in [-0.3, -0.25) is 4.90 Å². The van der Waals surface area contributed by atoms with Crippen molar-refractivity contribution in [2.45, 2.75) is 20.4 Å². The number of piperazine rings is 1. The first-order chi connectivity index (χ1) is 14.7.